The van der Waals surface area contributed by atoms with E-state index in [1.807, 2.05) is 11.8 Å². The summed E-state index contributed by atoms with van der Waals surface area (Å²) in [4.78, 5) is 17.0. The Bertz CT molecular complexity index is 520. The first kappa shape index (κ1) is 16.6. The number of carbonyl (C=O) groups is 1. The van der Waals surface area contributed by atoms with Crippen LogP contribution in [-0.4, -0.2) is 54.0 Å². The van der Waals surface area contributed by atoms with Crippen LogP contribution in [0.25, 0.3) is 0 Å². The van der Waals surface area contributed by atoms with Gasteiger partial charge in [-0.25, -0.2) is 0 Å². The Morgan fingerprint density at radius 2 is 1.74 bits per heavy atom. The molecule has 1 saturated carbocycles. The minimum atomic E-state index is -0.464. The summed E-state index contributed by atoms with van der Waals surface area (Å²) in [7, 11) is 0. The third-order valence-electron chi connectivity index (χ3n) is 4.94. The van der Waals surface area contributed by atoms with Crippen molar-refractivity contribution in [1.82, 2.24) is 9.80 Å². The summed E-state index contributed by atoms with van der Waals surface area (Å²) < 4.78 is 5.75. The monoisotopic (exact) mass is 336 g/mol. The fourth-order valence-electron chi connectivity index (χ4n) is 3.60. The van der Waals surface area contributed by atoms with E-state index in [1.54, 1.807) is 24.3 Å². The molecular formula is C18H25ClN2O2. The second kappa shape index (κ2) is 7.54. The third-order valence-corrected chi connectivity index (χ3v) is 5.19. The highest BCUT2D eigenvalue weighted by Crippen LogP contribution is 2.24. The second-order valence-corrected chi connectivity index (χ2v) is 6.95. The van der Waals surface area contributed by atoms with Crippen molar-refractivity contribution in [2.75, 3.05) is 26.2 Å². The number of ether oxygens (including phenoxy) is 1. The fourth-order valence-corrected chi connectivity index (χ4v) is 3.73. The Morgan fingerprint density at radius 1 is 1.13 bits per heavy atom. The number of nitrogens with zero attached hydrogens (tertiary/aromatic N) is 2. The number of amides is 1. The molecule has 4 nitrogen and oxygen atoms in total. The van der Waals surface area contributed by atoms with Crippen LogP contribution in [0.4, 0.5) is 0 Å². The molecule has 3 rings (SSSR count). The standard InChI is InChI=1S/C18H25ClN2O2/c1-14(23-17-8-6-15(19)7-9-17)18(22)21-12-10-20(11-13-21)16-4-2-3-5-16/h6-9,14,16H,2-5,10-13H2,1H3. The molecule has 1 aliphatic heterocycles. The van der Waals surface area contributed by atoms with Gasteiger partial charge in [0, 0.05) is 37.2 Å². The molecule has 1 saturated heterocycles. The van der Waals surface area contributed by atoms with Crippen molar-refractivity contribution in [3.63, 3.8) is 0 Å². The molecule has 2 aliphatic rings. The van der Waals surface area contributed by atoms with Gasteiger partial charge >= 0.3 is 0 Å². The first-order valence-electron chi connectivity index (χ1n) is 8.58. The van der Waals surface area contributed by atoms with Crippen LogP contribution in [-0.2, 0) is 4.79 Å². The first-order chi connectivity index (χ1) is 11.1. The summed E-state index contributed by atoms with van der Waals surface area (Å²) in [5.41, 5.74) is 0. The van der Waals surface area contributed by atoms with Crippen LogP contribution in [0.2, 0.25) is 5.02 Å². The fraction of sp³-hybridized carbons (Fsp3) is 0.611. The van der Waals surface area contributed by atoms with Gasteiger partial charge in [-0.15, -0.1) is 0 Å². The zero-order chi connectivity index (χ0) is 16.2. The van der Waals surface area contributed by atoms with Crippen LogP contribution >= 0.6 is 11.6 Å². The molecule has 1 amide bonds. The van der Waals surface area contributed by atoms with Crippen molar-refractivity contribution in [1.29, 1.82) is 0 Å². The molecule has 1 unspecified atom stereocenters. The average molecular weight is 337 g/mol. The highest BCUT2D eigenvalue weighted by molar-refractivity contribution is 6.30. The number of hydrogen-bond donors (Lipinski definition) is 0. The van der Waals surface area contributed by atoms with Gasteiger partial charge in [-0.2, -0.15) is 0 Å². The van der Waals surface area contributed by atoms with Gasteiger partial charge in [-0.1, -0.05) is 24.4 Å². The van der Waals surface area contributed by atoms with Gasteiger partial charge in [0.05, 0.1) is 0 Å². The normalized spacial score (nSPS) is 21.4. The number of hydrogen-bond acceptors (Lipinski definition) is 3. The van der Waals surface area contributed by atoms with E-state index in [1.165, 1.54) is 25.7 Å². The van der Waals surface area contributed by atoms with Crippen LogP contribution in [0.15, 0.2) is 24.3 Å². The molecular weight excluding hydrogens is 312 g/mol. The van der Waals surface area contributed by atoms with Crippen molar-refractivity contribution >= 4 is 17.5 Å². The van der Waals surface area contributed by atoms with Gasteiger partial charge in [0.15, 0.2) is 6.10 Å². The van der Waals surface area contributed by atoms with Crippen molar-refractivity contribution in [3.05, 3.63) is 29.3 Å². The summed E-state index contributed by atoms with van der Waals surface area (Å²) in [6.45, 7) is 5.42. The third kappa shape index (κ3) is 4.18. The average Bonchev–Trinajstić information content (AvgIpc) is 3.11. The summed E-state index contributed by atoms with van der Waals surface area (Å²) in [6.07, 6.45) is 4.90. The van der Waals surface area contributed by atoms with Gasteiger partial charge in [-0.3, -0.25) is 9.69 Å². The Hall–Kier alpha value is -1.26. The predicted molar refractivity (Wildman–Crippen MR) is 92.0 cm³/mol. The first-order valence-corrected chi connectivity index (χ1v) is 8.96. The number of rotatable bonds is 4. The van der Waals surface area contributed by atoms with Crippen LogP contribution in [0, 0.1) is 0 Å². The molecule has 0 bridgehead atoms. The number of benzene rings is 1. The maximum Gasteiger partial charge on any atom is 0.263 e. The molecule has 126 valence electrons. The lowest BCUT2D eigenvalue weighted by Gasteiger charge is -2.38. The summed E-state index contributed by atoms with van der Waals surface area (Å²) in [6, 6.07) is 7.88. The van der Waals surface area contributed by atoms with Crippen molar-refractivity contribution in [2.24, 2.45) is 0 Å². The van der Waals surface area contributed by atoms with Gasteiger partial charge < -0.3 is 9.64 Å². The summed E-state index contributed by atoms with van der Waals surface area (Å²) in [5.74, 6) is 0.755. The van der Waals surface area contributed by atoms with E-state index in [-0.39, 0.29) is 5.91 Å². The molecule has 1 aromatic carbocycles. The van der Waals surface area contributed by atoms with E-state index in [0.717, 1.165) is 32.2 Å². The van der Waals surface area contributed by atoms with E-state index in [4.69, 9.17) is 16.3 Å². The Kier molecular flexibility index (Phi) is 5.44. The molecule has 0 spiro atoms. The highest BCUT2D eigenvalue weighted by Gasteiger charge is 2.30. The van der Waals surface area contributed by atoms with Gasteiger partial charge in [0.1, 0.15) is 5.75 Å². The predicted octanol–water partition coefficient (Wildman–Crippen LogP) is 3.19. The Balaban J connectivity index is 1.49. The van der Waals surface area contributed by atoms with E-state index in [2.05, 4.69) is 4.90 Å². The number of carbonyl (C=O) groups excluding carboxylic acids is 1. The van der Waals surface area contributed by atoms with E-state index in [0.29, 0.717) is 10.8 Å². The highest BCUT2D eigenvalue weighted by atomic mass is 35.5. The summed E-state index contributed by atoms with van der Waals surface area (Å²) in [5, 5.41) is 0.666. The number of piperazine rings is 1. The molecule has 0 radical (unpaired) electrons. The summed E-state index contributed by atoms with van der Waals surface area (Å²) >= 11 is 5.86. The molecule has 1 atom stereocenters. The molecule has 23 heavy (non-hydrogen) atoms. The minimum absolute atomic E-state index is 0.0750. The molecule has 0 N–H and O–H groups in total. The van der Waals surface area contributed by atoms with Crippen molar-refractivity contribution < 1.29 is 9.53 Å². The minimum Gasteiger partial charge on any atom is -0.481 e. The zero-order valence-electron chi connectivity index (χ0n) is 13.7. The van der Waals surface area contributed by atoms with Gasteiger partial charge in [0.2, 0.25) is 0 Å². The molecule has 1 aliphatic carbocycles. The van der Waals surface area contributed by atoms with Crippen LogP contribution in [0.5, 0.6) is 5.75 Å². The van der Waals surface area contributed by atoms with E-state index in [9.17, 15) is 4.79 Å². The topological polar surface area (TPSA) is 32.8 Å². The smallest absolute Gasteiger partial charge is 0.263 e. The number of halogens is 1. The molecule has 2 fully saturated rings. The lowest BCUT2D eigenvalue weighted by molar-refractivity contribution is -0.140. The molecule has 1 heterocycles. The Labute approximate surface area is 143 Å². The zero-order valence-corrected chi connectivity index (χ0v) is 14.5. The maximum absolute atomic E-state index is 12.6. The van der Waals surface area contributed by atoms with Crippen molar-refractivity contribution in [3.8, 4) is 5.75 Å². The molecule has 0 aromatic heterocycles. The maximum atomic E-state index is 12.6. The van der Waals surface area contributed by atoms with Gasteiger partial charge in [-0.05, 0) is 44.0 Å². The lowest BCUT2D eigenvalue weighted by atomic mass is 10.1. The molecule has 5 heteroatoms. The van der Waals surface area contributed by atoms with Crippen LogP contribution < -0.4 is 4.74 Å². The van der Waals surface area contributed by atoms with E-state index >= 15 is 0 Å². The quantitative estimate of drug-likeness (QED) is 0.846. The van der Waals surface area contributed by atoms with Crippen LogP contribution in [0.3, 0.4) is 0 Å². The van der Waals surface area contributed by atoms with Gasteiger partial charge in [0.25, 0.3) is 5.91 Å². The second-order valence-electron chi connectivity index (χ2n) is 6.51. The largest absolute Gasteiger partial charge is 0.481 e. The Morgan fingerprint density at radius 3 is 2.35 bits per heavy atom. The van der Waals surface area contributed by atoms with E-state index < -0.39 is 6.10 Å². The SMILES string of the molecule is CC(Oc1ccc(Cl)cc1)C(=O)N1CCN(C2CCCC2)CC1. The molecule has 1 aromatic rings. The van der Waals surface area contributed by atoms with Crippen LogP contribution in [0.1, 0.15) is 32.6 Å². The lowest BCUT2D eigenvalue weighted by Crippen LogP contribution is -2.53. The van der Waals surface area contributed by atoms with Crippen molar-refractivity contribution in [2.45, 2.75) is 44.8 Å².